The fourth-order valence-electron chi connectivity index (χ4n) is 4.81. The third kappa shape index (κ3) is 5.45. The topological polar surface area (TPSA) is 124 Å². The third-order valence-corrected chi connectivity index (χ3v) is 8.30. The van der Waals surface area contributed by atoms with E-state index >= 15 is 0 Å². The molecule has 0 fully saturated rings. The highest BCUT2D eigenvalue weighted by molar-refractivity contribution is 9.10. The van der Waals surface area contributed by atoms with Crippen LogP contribution in [0.4, 0.5) is 5.69 Å². The van der Waals surface area contributed by atoms with Gasteiger partial charge in [0.05, 0.1) is 33.4 Å². The van der Waals surface area contributed by atoms with E-state index in [1.807, 2.05) is 54.6 Å². The average molecular weight is 649 g/mol. The van der Waals surface area contributed by atoms with Crippen molar-refractivity contribution in [3.8, 4) is 5.75 Å². The summed E-state index contributed by atoms with van der Waals surface area (Å²) in [5, 5.41) is 22.1. The minimum Gasteiger partial charge on any atom is -0.502 e. The zero-order valence-corrected chi connectivity index (χ0v) is 25.3. The highest BCUT2D eigenvalue weighted by Crippen LogP contribution is 2.36. The van der Waals surface area contributed by atoms with E-state index in [-0.39, 0.29) is 28.2 Å². The van der Waals surface area contributed by atoms with Gasteiger partial charge in [0.1, 0.15) is 0 Å². The molecular formula is C31H26BrN3O6S. The summed E-state index contributed by atoms with van der Waals surface area (Å²) in [7, 11) is 0. The van der Waals surface area contributed by atoms with E-state index in [0.717, 1.165) is 16.9 Å². The second kappa shape index (κ2) is 11.9. The van der Waals surface area contributed by atoms with Gasteiger partial charge in [-0.1, -0.05) is 95.7 Å². The molecule has 4 aromatic rings. The average Bonchev–Trinajstić information content (AvgIpc) is 3.28. The first-order valence-corrected chi connectivity index (χ1v) is 14.8. The molecule has 0 radical (unpaired) electrons. The summed E-state index contributed by atoms with van der Waals surface area (Å²) in [6, 6.07) is 18.8. The number of ether oxygens (including phenoxy) is 1. The maximum absolute atomic E-state index is 14.0. The van der Waals surface area contributed by atoms with E-state index in [1.54, 1.807) is 6.92 Å². The molecule has 1 N–H and O–H groups in total. The number of nitrogens with zero attached hydrogens (tertiary/aromatic N) is 3. The van der Waals surface area contributed by atoms with Crippen LogP contribution in [0, 0.1) is 10.1 Å². The van der Waals surface area contributed by atoms with Crippen LogP contribution < -0.4 is 14.9 Å². The van der Waals surface area contributed by atoms with Gasteiger partial charge < -0.3 is 9.84 Å². The number of aromatic nitrogens is 1. The SMILES string of the molecule is CCOC(=O)C1=C(c2ccccc2)N=c2s/c(=C\c3cc(Br)cc([N+](=O)[O-])c3O)c(=O)n2[C@H]1c1ccc(C(C)C)cc1. The van der Waals surface area contributed by atoms with Gasteiger partial charge >= 0.3 is 11.7 Å². The van der Waals surface area contributed by atoms with Crippen molar-refractivity contribution in [2.24, 2.45) is 4.99 Å². The molecule has 11 heteroatoms. The summed E-state index contributed by atoms with van der Waals surface area (Å²) in [6.45, 7) is 6.01. The van der Waals surface area contributed by atoms with Crippen LogP contribution in [-0.2, 0) is 9.53 Å². The molecule has 0 amide bonds. The minimum atomic E-state index is -0.857. The van der Waals surface area contributed by atoms with Crippen molar-refractivity contribution >= 4 is 50.7 Å². The molecule has 0 unspecified atom stereocenters. The van der Waals surface area contributed by atoms with Gasteiger partial charge in [0.25, 0.3) is 5.56 Å². The second-order valence-electron chi connectivity index (χ2n) is 9.87. The Morgan fingerprint density at radius 3 is 2.50 bits per heavy atom. The van der Waals surface area contributed by atoms with Gasteiger partial charge in [-0.3, -0.25) is 19.5 Å². The van der Waals surface area contributed by atoms with Crippen LogP contribution in [0.15, 0.2) is 86.6 Å². The van der Waals surface area contributed by atoms with Gasteiger partial charge in [0, 0.05) is 21.7 Å². The fraction of sp³-hybridized carbons (Fsp3) is 0.194. The second-order valence-corrected chi connectivity index (χ2v) is 11.8. The van der Waals surface area contributed by atoms with E-state index in [0.29, 0.717) is 26.1 Å². The van der Waals surface area contributed by atoms with Gasteiger partial charge in [-0.2, -0.15) is 0 Å². The Bertz CT molecular complexity index is 1910. The number of thiazole rings is 1. The molecule has 1 aromatic heterocycles. The molecule has 1 aliphatic rings. The standard InChI is InChI=1S/C31H26BrN3O6S/c1-4-41-30(38)25-26(19-8-6-5-7-9-19)33-31-34(27(25)20-12-10-18(11-13-20)17(2)3)29(37)24(42-31)15-21-14-22(32)16-23(28(21)36)35(39)40/h5-17,27,36H,4H2,1-3H3/b24-15-/t27-/m0/s1. The fourth-order valence-corrected chi connectivity index (χ4v) is 6.27. The first kappa shape index (κ1) is 29.2. The molecule has 2 heterocycles. The molecule has 0 saturated carbocycles. The molecule has 3 aromatic carbocycles. The molecule has 5 rings (SSSR count). The highest BCUT2D eigenvalue weighted by atomic mass is 79.9. The normalized spacial score (nSPS) is 15.0. The van der Waals surface area contributed by atoms with Crippen LogP contribution in [0.3, 0.4) is 0 Å². The number of aromatic hydroxyl groups is 1. The summed E-state index contributed by atoms with van der Waals surface area (Å²) in [5.41, 5.74) is 2.22. The molecule has 0 bridgehead atoms. The van der Waals surface area contributed by atoms with Gasteiger partial charge in [-0.05, 0) is 36.1 Å². The summed E-state index contributed by atoms with van der Waals surface area (Å²) >= 11 is 4.30. The molecular weight excluding hydrogens is 622 g/mol. The number of carbonyl (C=O) groups excluding carboxylic acids is 1. The number of carbonyl (C=O) groups is 1. The Labute approximate surface area is 253 Å². The van der Waals surface area contributed by atoms with Crippen LogP contribution >= 0.6 is 27.3 Å². The third-order valence-electron chi connectivity index (χ3n) is 6.86. The Morgan fingerprint density at radius 1 is 1.19 bits per heavy atom. The van der Waals surface area contributed by atoms with E-state index in [1.165, 1.54) is 22.8 Å². The van der Waals surface area contributed by atoms with E-state index < -0.39 is 33.9 Å². The molecule has 1 atom stereocenters. The van der Waals surface area contributed by atoms with Gasteiger partial charge in [-0.25, -0.2) is 9.79 Å². The number of halogens is 1. The molecule has 9 nitrogen and oxygen atoms in total. The number of benzene rings is 3. The van der Waals surface area contributed by atoms with Crippen LogP contribution in [0.25, 0.3) is 11.8 Å². The molecule has 1 aliphatic heterocycles. The van der Waals surface area contributed by atoms with Crippen molar-refractivity contribution in [2.45, 2.75) is 32.7 Å². The summed E-state index contributed by atoms with van der Waals surface area (Å²) in [5.74, 6) is -0.873. The Hall–Kier alpha value is -4.35. The summed E-state index contributed by atoms with van der Waals surface area (Å²) in [4.78, 5) is 43.5. The number of esters is 1. The van der Waals surface area contributed by atoms with Crippen molar-refractivity contribution in [1.82, 2.24) is 4.57 Å². The number of nitro groups is 1. The predicted octanol–water partition coefficient (Wildman–Crippen LogP) is 5.44. The van der Waals surface area contributed by atoms with Gasteiger partial charge in [0.2, 0.25) is 5.75 Å². The number of rotatable bonds is 7. The van der Waals surface area contributed by atoms with Crippen molar-refractivity contribution in [1.29, 1.82) is 0 Å². The number of nitro benzene ring substituents is 1. The number of hydrogen-bond donors (Lipinski definition) is 1. The lowest BCUT2D eigenvalue weighted by atomic mass is 9.91. The van der Waals surface area contributed by atoms with Crippen molar-refractivity contribution < 1.29 is 19.6 Å². The highest BCUT2D eigenvalue weighted by Gasteiger charge is 2.35. The van der Waals surface area contributed by atoms with Crippen molar-refractivity contribution in [2.75, 3.05) is 6.61 Å². The van der Waals surface area contributed by atoms with Gasteiger partial charge in [-0.15, -0.1) is 0 Å². The number of hydrogen-bond acceptors (Lipinski definition) is 8. The Kier molecular flexibility index (Phi) is 8.24. The minimum absolute atomic E-state index is 0.0899. The molecule has 0 saturated heterocycles. The Balaban J connectivity index is 1.83. The summed E-state index contributed by atoms with van der Waals surface area (Å²) in [6.07, 6.45) is 1.39. The number of fused-ring (bicyclic) bond motifs is 1. The monoisotopic (exact) mass is 647 g/mol. The van der Waals surface area contributed by atoms with E-state index in [9.17, 15) is 24.8 Å². The quantitative estimate of drug-likeness (QED) is 0.162. The zero-order chi connectivity index (χ0) is 30.1. The first-order valence-electron chi connectivity index (χ1n) is 13.2. The lowest BCUT2D eigenvalue weighted by molar-refractivity contribution is -0.385. The maximum Gasteiger partial charge on any atom is 0.338 e. The van der Waals surface area contributed by atoms with Crippen molar-refractivity contribution in [3.63, 3.8) is 0 Å². The molecule has 0 aliphatic carbocycles. The lowest BCUT2D eigenvalue weighted by Crippen LogP contribution is -2.40. The Morgan fingerprint density at radius 2 is 1.88 bits per heavy atom. The first-order chi connectivity index (χ1) is 20.1. The summed E-state index contributed by atoms with van der Waals surface area (Å²) < 4.78 is 7.48. The lowest BCUT2D eigenvalue weighted by Gasteiger charge is -2.26. The molecule has 214 valence electrons. The van der Waals surface area contributed by atoms with Crippen LogP contribution in [0.5, 0.6) is 5.75 Å². The number of phenolic OH excluding ortho intramolecular Hbond substituents is 1. The predicted molar refractivity (Wildman–Crippen MR) is 164 cm³/mol. The molecule has 42 heavy (non-hydrogen) atoms. The number of phenols is 1. The van der Waals surface area contributed by atoms with E-state index in [2.05, 4.69) is 29.8 Å². The zero-order valence-electron chi connectivity index (χ0n) is 22.9. The van der Waals surface area contributed by atoms with Crippen molar-refractivity contribution in [3.05, 3.63) is 129 Å². The van der Waals surface area contributed by atoms with Crippen LogP contribution in [-0.4, -0.2) is 27.2 Å². The van der Waals surface area contributed by atoms with Crippen LogP contribution in [0.1, 0.15) is 55.0 Å². The smallest absolute Gasteiger partial charge is 0.338 e. The van der Waals surface area contributed by atoms with Crippen LogP contribution in [0.2, 0.25) is 0 Å². The molecule has 0 spiro atoms. The van der Waals surface area contributed by atoms with Gasteiger partial charge in [0.15, 0.2) is 4.80 Å². The maximum atomic E-state index is 14.0. The largest absolute Gasteiger partial charge is 0.502 e. The van der Waals surface area contributed by atoms with E-state index in [4.69, 9.17) is 9.73 Å².